The molecule has 3 aromatic carbocycles. The number of aryl methyl sites for hydroxylation is 3. The number of rotatable bonds is 6. The molecule has 1 heterocycles. The van der Waals surface area contributed by atoms with Gasteiger partial charge in [-0.2, -0.15) is 4.57 Å². The van der Waals surface area contributed by atoms with E-state index in [1.165, 1.54) is 40.2 Å². The zero-order valence-corrected chi connectivity index (χ0v) is 21.4. The number of benzene rings is 3. The minimum atomic E-state index is -4.27. The highest BCUT2D eigenvalue weighted by Gasteiger charge is 2.13. The Labute approximate surface area is 208 Å². The van der Waals surface area contributed by atoms with Gasteiger partial charge in [0.25, 0.3) is 0 Å². The molecule has 0 aliphatic heterocycles. The molecule has 0 aliphatic rings. The van der Waals surface area contributed by atoms with Crippen LogP contribution in [-0.4, -0.2) is 13.0 Å². The van der Waals surface area contributed by atoms with Crippen LogP contribution in [0.1, 0.15) is 33.6 Å². The highest BCUT2D eigenvalue weighted by molar-refractivity contribution is 7.85. The molecule has 35 heavy (non-hydrogen) atoms. The molecule has 0 unspecified atom stereocenters. The fourth-order valence-electron chi connectivity index (χ4n) is 3.41. The summed E-state index contributed by atoms with van der Waals surface area (Å²) in [4.78, 5) is -0.178. The van der Waals surface area contributed by atoms with E-state index >= 15 is 0 Å². The van der Waals surface area contributed by atoms with Gasteiger partial charge in [0.15, 0.2) is 12.3 Å². The van der Waals surface area contributed by atoms with E-state index in [-0.39, 0.29) is 4.90 Å². The molecule has 0 spiro atoms. The summed E-state index contributed by atoms with van der Waals surface area (Å²) >= 11 is 0. The number of pyridine rings is 1. The Hall–Kier alpha value is -3.48. The molecule has 1 aromatic heterocycles. The molecule has 0 atom stereocenters. The number of aromatic nitrogens is 1. The summed E-state index contributed by atoms with van der Waals surface area (Å²) in [5.74, 6) is 0.907. The predicted molar refractivity (Wildman–Crippen MR) is 136 cm³/mol. The summed E-state index contributed by atoms with van der Waals surface area (Å²) in [6.45, 7) is 6.59. The van der Waals surface area contributed by atoms with Crippen LogP contribution in [0.25, 0.3) is 0 Å². The minimum Gasteiger partial charge on any atom is -0.744 e. The maximum absolute atomic E-state index is 10.4. The monoisotopic (exact) mass is 489 g/mol. The Balaban J connectivity index is 0.000000261. The van der Waals surface area contributed by atoms with Crippen LogP contribution in [0.15, 0.2) is 95.9 Å². The van der Waals surface area contributed by atoms with Crippen LogP contribution in [0, 0.1) is 20.8 Å². The van der Waals surface area contributed by atoms with Crippen LogP contribution in [0.5, 0.6) is 5.75 Å². The maximum atomic E-state index is 10.4. The lowest BCUT2D eigenvalue weighted by atomic mass is 10.1. The van der Waals surface area contributed by atoms with E-state index in [0.29, 0.717) is 6.61 Å². The number of ether oxygens (including phenoxy) is 1. The van der Waals surface area contributed by atoms with Gasteiger partial charge >= 0.3 is 0 Å². The zero-order chi connectivity index (χ0) is 25.4. The lowest BCUT2D eigenvalue weighted by Gasteiger charge is -2.08. The van der Waals surface area contributed by atoms with Gasteiger partial charge in [-0.25, -0.2) is 8.42 Å². The van der Waals surface area contributed by atoms with E-state index < -0.39 is 10.1 Å². The molecule has 6 heteroatoms. The van der Waals surface area contributed by atoms with Crippen molar-refractivity contribution in [1.29, 1.82) is 0 Å². The first kappa shape index (κ1) is 26.1. The number of hydrogen-bond acceptors (Lipinski definition) is 4. The fraction of sp³-hybridized carbons (Fsp3) is 0.207. The quantitative estimate of drug-likeness (QED) is 0.276. The Kier molecular flexibility index (Phi) is 8.79. The Morgan fingerprint density at radius 3 is 1.74 bits per heavy atom. The molecule has 0 amide bonds. The topological polar surface area (TPSA) is 70.3 Å². The van der Waals surface area contributed by atoms with Crippen LogP contribution in [0.4, 0.5) is 0 Å². The van der Waals surface area contributed by atoms with E-state index in [1.54, 1.807) is 12.1 Å². The van der Waals surface area contributed by atoms with Crippen LogP contribution in [0.3, 0.4) is 0 Å². The van der Waals surface area contributed by atoms with Crippen molar-refractivity contribution in [2.24, 2.45) is 7.05 Å². The molecule has 0 saturated carbocycles. The van der Waals surface area contributed by atoms with Crippen molar-refractivity contribution in [3.63, 3.8) is 0 Å². The van der Waals surface area contributed by atoms with Crippen molar-refractivity contribution in [2.75, 3.05) is 0 Å². The molecule has 0 saturated heterocycles. The molecule has 0 aliphatic carbocycles. The van der Waals surface area contributed by atoms with E-state index in [0.717, 1.165) is 17.7 Å². The van der Waals surface area contributed by atoms with Crippen LogP contribution in [-0.2, 0) is 30.2 Å². The van der Waals surface area contributed by atoms with Gasteiger partial charge in [0, 0.05) is 12.1 Å². The van der Waals surface area contributed by atoms with E-state index in [4.69, 9.17) is 4.74 Å². The number of hydrogen-bond donors (Lipinski definition) is 0. The first-order valence-electron chi connectivity index (χ1n) is 11.4. The van der Waals surface area contributed by atoms with Crippen molar-refractivity contribution in [3.05, 3.63) is 125 Å². The van der Waals surface area contributed by atoms with Gasteiger partial charge in [0.2, 0.25) is 5.69 Å². The maximum Gasteiger partial charge on any atom is 0.219 e. The molecule has 0 fully saturated rings. The smallest absolute Gasteiger partial charge is 0.219 e. The molecular weight excluding hydrogens is 458 g/mol. The lowest BCUT2D eigenvalue weighted by molar-refractivity contribution is -0.687. The van der Waals surface area contributed by atoms with E-state index in [9.17, 15) is 13.0 Å². The first-order chi connectivity index (χ1) is 16.6. The summed E-state index contributed by atoms with van der Waals surface area (Å²) < 4.78 is 39.3. The fourth-order valence-corrected chi connectivity index (χ4v) is 3.88. The molecule has 5 nitrogen and oxygen atoms in total. The molecule has 0 N–H and O–H groups in total. The summed E-state index contributed by atoms with van der Waals surface area (Å²) in [6, 6.07) is 29.1. The first-order valence-corrected chi connectivity index (χ1v) is 12.8. The van der Waals surface area contributed by atoms with Crippen molar-refractivity contribution >= 4 is 10.1 Å². The van der Waals surface area contributed by atoms with Gasteiger partial charge in [-0.1, -0.05) is 65.2 Å². The highest BCUT2D eigenvalue weighted by atomic mass is 32.2. The predicted octanol–water partition coefficient (Wildman–Crippen LogP) is 5.20. The normalized spacial score (nSPS) is 10.9. The van der Waals surface area contributed by atoms with Crippen molar-refractivity contribution in [1.82, 2.24) is 0 Å². The molecule has 0 bridgehead atoms. The van der Waals surface area contributed by atoms with Gasteiger partial charge in [-0.15, -0.1) is 0 Å². The molecule has 0 radical (unpaired) electrons. The van der Waals surface area contributed by atoms with Crippen molar-refractivity contribution < 1.29 is 22.3 Å². The van der Waals surface area contributed by atoms with Crippen molar-refractivity contribution in [3.8, 4) is 5.75 Å². The summed E-state index contributed by atoms with van der Waals surface area (Å²) in [5, 5.41) is 0. The van der Waals surface area contributed by atoms with Crippen LogP contribution >= 0.6 is 0 Å². The summed E-state index contributed by atoms with van der Waals surface area (Å²) in [5.41, 5.74) is 7.24. The number of nitrogens with zero attached hydrogens (tertiary/aromatic N) is 1. The van der Waals surface area contributed by atoms with Gasteiger partial charge in [0.1, 0.15) is 22.9 Å². The van der Waals surface area contributed by atoms with Gasteiger partial charge < -0.3 is 9.29 Å². The largest absolute Gasteiger partial charge is 0.744 e. The third-order valence-electron chi connectivity index (χ3n) is 5.66. The van der Waals surface area contributed by atoms with Gasteiger partial charge in [0.05, 0.1) is 11.3 Å². The lowest BCUT2D eigenvalue weighted by Crippen LogP contribution is -2.39. The van der Waals surface area contributed by atoms with Gasteiger partial charge in [-0.05, 0) is 56.7 Å². The van der Waals surface area contributed by atoms with Crippen LogP contribution in [0.2, 0.25) is 0 Å². The second-order valence-electron chi connectivity index (χ2n) is 8.60. The SMILES string of the molecule is Cc1ccc(Cc2cccc(COc3ccc(C)cc3)[n+]2C)cc1.Cc1ccc(S(=O)(=O)[O-])cc1. The second-order valence-corrected chi connectivity index (χ2v) is 9.98. The van der Waals surface area contributed by atoms with Gasteiger partial charge in [-0.3, -0.25) is 0 Å². The second kappa shape index (κ2) is 11.8. The van der Waals surface area contributed by atoms with Crippen LogP contribution < -0.4 is 9.30 Å². The molecule has 4 aromatic rings. The minimum absolute atomic E-state index is 0.178. The Bertz CT molecular complexity index is 1350. The van der Waals surface area contributed by atoms with E-state index in [1.807, 2.05) is 19.1 Å². The highest BCUT2D eigenvalue weighted by Crippen LogP contribution is 2.14. The molecular formula is C29H31NO4S. The Morgan fingerprint density at radius 2 is 1.20 bits per heavy atom. The average molecular weight is 490 g/mol. The molecule has 182 valence electrons. The zero-order valence-electron chi connectivity index (χ0n) is 20.6. The Morgan fingerprint density at radius 1 is 0.714 bits per heavy atom. The molecule has 4 rings (SSSR count). The third-order valence-corrected chi connectivity index (χ3v) is 6.51. The van der Waals surface area contributed by atoms with Crippen molar-refractivity contribution in [2.45, 2.75) is 38.7 Å². The van der Waals surface area contributed by atoms with E-state index in [2.05, 4.69) is 80.1 Å². The third kappa shape index (κ3) is 8.05. The summed E-state index contributed by atoms with van der Waals surface area (Å²) in [7, 11) is -2.16. The standard InChI is InChI=1S/C22H24NO.C7H8O3S/c1-17-7-11-19(12-8-17)15-20-5-4-6-21(23(20)3)16-24-22-13-9-18(2)10-14-22;1-6-2-4-7(5-3-6)11(8,9)10/h4-14H,15-16H2,1-3H3;2-5H,1H3,(H,8,9,10)/q+1;/p-1. The average Bonchev–Trinajstić information content (AvgIpc) is 2.82. The summed E-state index contributed by atoms with van der Waals surface area (Å²) in [6.07, 6.45) is 0.926.